The first kappa shape index (κ1) is 19.1. The first-order valence-electron chi connectivity index (χ1n) is 9.45. The number of urea groups is 1. The number of nitrogens with zero attached hydrogens (tertiary/aromatic N) is 2. The minimum Gasteiger partial charge on any atom is -0.378 e. The predicted molar refractivity (Wildman–Crippen MR) is 100 cm³/mol. The maximum atomic E-state index is 12.5. The Balaban J connectivity index is 1.41. The van der Waals surface area contributed by atoms with Crippen LogP contribution in [0.3, 0.4) is 0 Å². The fourth-order valence-corrected chi connectivity index (χ4v) is 4.39. The van der Waals surface area contributed by atoms with Crippen LogP contribution in [0.4, 0.5) is 4.79 Å². The van der Waals surface area contributed by atoms with Crippen LogP contribution in [0.1, 0.15) is 60.4 Å². The number of amides is 3. The molecule has 0 atom stereocenters. The lowest BCUT2D eigenvalue weighted by Gasteiger charge is -2.32. The maximum Gasteiger partial charge on any atom is 0.315 e. The van der Waals surface area contributed by atoms with E-state index in [9.17, 15) is 9.59 Å². The Morgan fingerprint density at radius 1 is 1.15 bits per heavy atom. The molecule has 0 radical (unpaired) electrons. The van der Waals surface area contributed by atoms with Crippen LogP contribution in [0.25, 0.3) is 0 Å². The quantitative estimate of drug-likeness (QED) is 0.822. The monoisotopic (exact) mass is 380 g/mol. The van der Waals surface area contributed by atoms with Crippen molar-refractivity contribution in [2.45, 2.75) is 63.6 Å². The van der Waals surface area contributed by atoms with E-state index in [4.69, 9.17) is 4.74 Å². The zero-order valence-electron chi connectivity index (χ0n) is 15.3. The Hall–Kier alpha value is -1.67. The van der Waals surface area contributed by atoms with E-state index in [1.807, 2.05) is 4.90 Å². The van der Waals surface area contributed by atoms with Gasteiger partial charge in [-0.25, -0.2) is 9.78 Å². The molecule has 2 aliphatic rings. The molecule has 3 rings (SSSR count). The molecular weight excluding hydrogens is 352 g/mol. The Morgan fingerprint density at radius 2 is 1.81 bits per heavy atom. The van der Waals surface area contributed by atoms with Crippen LogP contribution in [-0.2, 0) is 11.3 Å². The molecular formula is C18H28N4O3S. The van der Waals surface area contributed by atoms with Crippen LogP contribution in [0.2, 0.25) is 0 Å². The number of hydrogen-bond donors (Lipinski definition) is 2. The Labute approximate surface area is 158 Å². The van der Waals surface area contributed by atoms with Gasteiger partial charge < -0.3 is 20.3 Å². The molecule has 0 unspecified atom stereocenters. The van der Waals surface area contributed by atoms with Crippen molar-refractivity contribution in [1.29, 1.82) is 0 Å². The molecule has 0 aromatic carbocycles. The van der Waals surface area contributed by atoms with E-state index in [2.05, 4.69) is 15.6 Å². The van der Waals surface area contributed by atoms with Gasteiger partial charge in [0.05, 0.1) is 6.61 Å². The van der Waals surface area contributed by atoms with E-state index in [1.54, 1.807) is 12.5 Å². The van der Waals surface area contributed by atoms with E-state index >= 15 is 0 Å². The Morgan fingerprint density at radius 3 is 2.46 bits per heavy atom. The standard InChI is InChI=1S/C18H28N4O3S/c1-25-11-16-21-15(12-26-16)17(23)22-9-7-14(8-10-22)20-18(24)19-13-5-3-2-4-6-13/h12-14H,2-11H2,1H3,(H2,19,20,24). The van der Waals surface area contributed by atoms with Gasteiger partial charge in [0.15, 0.2) is 0 Å². The van der Waals surface area contributed by atoms with Crippen LogP contribution >= 0.6 is 11.3 Å². The summed E-state index contributed by atoms with van der Waals surface area (Å²) >= 11 is 1.44. The second-order valence-corrected chi connectivity index (χ2v) is 8.02. The SMILES string of the molecule is COCc1nc(C(=O)N2CCC(NC(=O)NC3CCCCC3)CC2)cs1. The first-order valence-corrected chi connectivity index (χ1v) is 10.3. The number of nitrogens with one attached hydrogen (secondary N) is 2. The molecule has 1 aromatic heterocycles. The lowest BCUT2D eigenvalue weighted by Crippen LogP contribution is -2.51. The summed E-state index contributed by atoms with van der Waals surface area (Å²) < 4.78 is 5.05. The van der Waals surface area contributed by atoms with E-state index in [0.717, 1.165) is 30.7 Å². The van der Waals surface area contributed by atoms with Gasteiger partial charge in [-0.2, -0.15) is 0 Å². The third kappa shape index (κ3) is 5.17. The molecule has 2 fully saturated rings. The molecule has 144 valence electrons. The van der Waals surface area contributed by atoms with Gasteiger partial charge in [0.25, 0.3) is 5.91 Å². The molecule has 8 heteroatoms. The highest BCUT2D eigenvalue weighted by molar-refractivity contribution is 7.09. The number of hydrogen-bond acceptors (Lipinski definition) is 5. The molecule has 0 bridgehead atoms. The lowest BCUT2D eigenvalue weighted by atomic mass is 9.96. The number of likely N-dealkylation sites (tertiary alicyclic amines) is 1. The minimum absolute atomic E-state index is 0.0336. The van der Waals surface area contributed by atoms with E-state index < -0.39 is 0 Å². The fourth-order valence-electron chi connectivity index (χ4n) is 3.65. The molecule has 2 heterocycles. The maximum absolute atomic E-state index is 12.5. The molecule has 1 aromatic rings. The van der Waals surface area contributed by atoms with Gasteiger partial charge in [-0.05, 0) is 25.7 Å². The Bertz CT molecular complexity index is 607. The number of carbonyl (C=O) groups excluding carboxylic acids is 2. The fraction of sp³-hybridized carbons (Fsp3) is 0.722. The molecule has 7 nitrogen and oxygen atoms in total. The van der Waals surface area contributed by atoms with Gasteiger partial charge in [-0.15, -0.1) is 11.3 Å². The van der Waals surface area contributed by atoms with E-state index in [0.29, 0.717) is 31.4 Å². The summed E-state index contributed by atoms with van der Waals surface area (Å²) in [7, 11) is 1.62. The van der Waals surface area contributed by atoms with Gasteiger partial charge in [0, 0.05) is 37.7 Å². The summed E-state index contributed by atoms with van der Waals surface area (Å²) in [6.45, 7) is 1.72. The van der Waals surface area contributed by atoms with E-state index in [-0.39, 0.29) is 18.0 Å². The van der Waals surface area contributed by atoms with Crippen molar-refractivity contribution in [1.82, 2.24) is 20.5 Å². The van der Waals surface area contributed by atoms with Gasteiger partial charge >= 0.3 is 6.03 Å². The molecule has 1 saturated heterocycles. The second kappa shape index (κ2) is 9.32. The summed E-state index contributed by atoms with van der Waals surface area (Å²) in [4.78, 5) is 30.8. The zero-order valence-corrected chi connectivity index (χ0v) is 16.1. The largest absolute Gasteiger partial charge is 0.378 e. The average molecular weight is 381 g/mol. The summed E-state index contributed by atoms with van der Waals surface area (Å²) in [5, 5.41) is 8.76. The third-order valence-corrected chi connectivity index (χ3v) is 5.92. The zero-order chi connectivity index (χ0) is 18.4. The molecule has 1 aliphatic carbocycles. The van der Waals surface area contributed by atoms with Gasteiger partial charge in [-0.1, -0.05) is 19.3 Å². The van der Waals surface area contributed by atoms with Gasteiger partial charge in [0.2, 0.25) is 0 Å². The number of ether oxygens (including phenoxy) is 1. The summed E-state index contributed by atoms with van der Waals surface area (Å²) in [5.41, 5.74) is 0.489. The highest BCUT2D eigenvalue weighted by atomic mass is 32.1. The molecule has 26 heavy (non-hydrogen) atoms. The van der Waals surface area contributed by atoms with Crippen molar-refractivity contribution in [3.63, 3.8) is 0 Å². The second-order valence-electron chi connectivity index (χ2n) is 7.08. The number of carbonyl (C=O) groups is 2. The average Bonchev–Trinajstić information content (AvgIpc) is 3.11. The molecule has 0 spiro atoms. The Kier molecular flexibility index (Phi) is 6.85. The van der Waals surface area contributed by atoms with Crippen molar-refractivity contribution in [3.05, 3.63) is 16.1 Å². The highest BCUT2D eigenvalue weighted by Crippen LogP contribution is 2.18. The topological polar surface area (TPSA) is 83.6 Å². The first-order chi connectivity index (χ1) is 12.7. The third-order valence-electron chi connectivity index (χ3n) is 5.10. The molecule has 3 amide bonds. The number of methoxy groups -OCH3 is 1. The lowest BCUT2D eigenvalue weighted by molar-refractivity contribution is 0.0702. The summed E-state index contributed by atoms with van der Waals surface area (Å²) in [6.07, 6.45) is 7.40. The highest BCUT2D eigenvalue weighted by Gasteiger charge is 2.26. The molecule has 1 saturated carbocycles. The number of aromatic nitrogens is 1. The summed E-state index contributed by atoms with van der Waals surface area (Å²) in [6, 6.07) is 0.379. The smallest absolute Gasteiger partial charge is 0.315 e. The number of piperidine rings is 1. The van der Waals surface area contributed by atoms with Gasteiger partial charge in [0.1, 0.15) is 10.7 Å². The predicted octanol–water partition coefficient (Wildman–Crippen LogP) is 2.53. The van der Waals surface area contributed by atoms with Crippen molar-refractivity contribution in [2.75, 3.05) is 20.2 Å². The number of rotatable bonds is 5. The van der Waals surface area contributed by atoms with Crippen molar-refractivity contribution in [2.24, 2.45) is 0 Å². The van der Waals surface area contributed by atoms with Crippen LogP contribution < -0.4 is 10.6 Å². The van der Waals surface area contributed by atoms with Crippen molar-refractivity contribution >= 4 is 23.3 Å². The minimum atomic E-state index is -0.0645. The molecule has 2 N–H and O–H groups in total. The van der Waals surface area contributed by atoms with Crippen LogP contribution in [-0.4, -0.2) is 54.1 Å². The normalized spacial score (nSPS) is 19.3. The number of thiazole rings is 1. The van der Waals surface area contributed by atoms with Crippen LogP contribution in [0.15, 0.2) is 5.38 Å². The van der Waals surface area contributed by atoms with Crippen LogP contribution in [0, 0.1) is 0 Å². The van der Waals surface area contributed by atoms with Crippen molar-refractivity contribution in [3.8, 4) is 0 Å². The van der Waals surface area contributed by atoms with E-state index in [1.165, 1.54) is 30.6 Å². The summed E-state index contributed by atoms with van der Waals surface area (Å²) in [5.74, 6) is -0.0336. The van der Waals surface area contributed by atoms with Gasteiger partial charge in [-0.3, -0.25) is 4.79 Å². The van der Waals surface area contributed by atoms with Crippen molar-refractivity contribution < 1.29 is 14.3 Å². The van der Waals surface area contributed by atoms with Crippen LogP contribution in [0.5, 0.6) is 0 Å². The molecule has 1 aliphatic heterocycles.